The van der Waals surface area contributed by atoms with Crippen molar-refractivity contribution in [1.82, 2.24) is 0 Å². The highest BCUT2D eigenvalue weighted by Crippen LogP contribution is 2.36. The zero-order valence-electron chi connectivity index (χ0n) is 11.7. The molecule has 0 aliphatic carbocycles. The molecule has 2 heteroatoms. The van der Waals surface area contributed by atoms with Gasteiger partial charge in [0.2, 0.25) is 0 Å². The third-order valence-electron chi connectivity index (χ3n) is 3.96. The molecule has 0 bridgehead atoms. The molecule has 106 valence electrons. The van der Waals surface area contributed by atoms with Gasteiger partial charge in [0.05, 0.1) is 0 Å². The van der Waals surface area contributed by atoms with Crippen LogP contribution in [-0.2, 0) is 0 Å². The van der Waals surface area contributed by atoms with Crippen molar-refractivity contribution in [2.75, 3.05) is 0 Å². The van der Waals surface area contributed by atoms with Crippen molar-refractivity contribution < 1.29 is 0 Å². The van der Waals surface area contributed by atoms with E-state index in [1.807, 2.05) is 0 Å². The van der Waals surface area contributed by atoms with Gasteiger partial charge in [-0.05, 0) is 108 Å². The predicted octanol–water partition coefficient (Wildman–Crippen LogP) is 6.87. The minimum absolute atomic E-state index is 1.27. The maximum Gasteiger partial charge on any atom is 0.0136 e. The highest BCUT2D eigenvalue weighted by molar-refractivity contribution is 14.1. The van der Waals surface area contributed by atoms with Crippen molar-refractivity contribution in [3.8, 4) is 11.1 Å². The van der Waals surface area contributed by atoms with E-state index in [-0.39, 0.29) is 0 Å². The monoisotopic (exact) mass is 506 g/mol. The summed E-state index contributed by atoms with van der Waals surface area (Å²) in [5, 5.41) is 5.28. The van der Waals surface area contributed by atoms with Crippen molar-refractivity contribution in [3.63, 3.8) is 0 Å². The molecule has 0 saturated carbocycles. The molecule has 0 aromatic heterocycles. The first-order chi connectivity index (χ1) is 10.7. The molecule has 4 rings (SSSR count). The fraction of sp³-hybridized carbons (Fsp3) is 0. The van der Waals surface area contributed by atoms with E-state index in [0.717, 1.165) is 0 Å². The molecule has 0 amide bonds. The Kier molecular flexibility index (Phi) is 3.82. The molecule has 4 aromatic carbocycles. The van der Waals surface area contributed by atoms with Crippen LogP contribution in [0.5, 0.6) is 0 Å². The van der Waals surface area contributed by atoms with E-state index in [9.17, 15) is 0 Å². The number of benzene rings is 4. The van der Waals surface area contributed by atoms with Crippen LogP contribution in [0.3, 0.4) is 0 Å². The van der Waals surface area contributed by atoms with Gasteiger partial charge in [-0.3, -0.25) is 0 Å². The second kappa shape index (κ2) is 5.81. The van der Waals surface area contributed by atoms with Gasteiger partial charge in [0, 0.05) is 7.14 Å². The minimum Gasteiger partial charge on any atom is -0.0622 e. The fourth-order valence-electron chi connectivity index (χ4n) is 2.96. The van der Waals surface area contributed by atoms with Gasteiger partial charge in [0.25, 0.3) is 0 Å². The lowest BCUT2D eigenvalue weighted by Crippen LogP contribution is -1.86. The lowest BCUT2D eigenvalue weighted by atomic mass is 9.93. The fourth-order valence-corrected chi connectivity index (χ4v) is 3.97. The molecule has 0 radical (unpaired) electrons. The Bertz CT molecular complexity index is 989. The molecule has 0 aliphatic heterocycles. The Morgan fingerprint density at radius 2 is 1.23 bits per heavy atom. The second-order valence-electron chi connectivity index (χ2n) is 5.35. The first-order valence-corrected chi connectivity index (χ1v) is 9.25. The number of rotatable bonds is 1. The van der Waals surface area contributed by atoms with Gasteiger partial charge in [0.1, 0.15) is 0 Å². The van der Waals surface area contributed by atoms with Crippen LogP contribution in [0.2, 0.25) is 0 Å². The van der Waals surface area contributed by atoms with Gasteiger partial charge in [-0.2, -0.15) is 0 Å². The average Bonchev–Trinajstić information content (AvgIpc) is 2.54. The Hall–Kier alpha value is -1.14. The smallest absolute Gasteiger partial charge is 0.0136 e. The summed E-state index contributed by atoms with van der Waals surface area (Å²) >= 11 is 4.77. The van der Waals surface area contributed by atoms with Gasteiger partial charge in [-0.15, -0.1) is 0 Å². The molecular weight excluding hydrogens is 494 g/mol. The molecule has 0 aliphatic rings. The Balaban J connectivity index is 2.19. The molecule has 0 N–H and O–H groups in total. The molecule has 0 heterocycles. The van der Waals surface area contributed by atoms with Crippen LogP contribution in [0.1, 0.15) is 0 Å². The molecule has 0 saturated heterocycles. The van der Waals surface area contributed by atoms with E-state index < -0.39 is 0 Å². The number of hydrogen-bond acceptors (Lipinski definition) is 0. The summed E-state index contributed by atoms with van der Waals surface area (Å²) in [5.74, 6) is 0. The maximum atomic E-state index is 2.39. The summed E-state index contributed by atoms with van der Waals surface area (Å²) in [6.45, 7) is 0. The molecule has 0 unspecified atom stereocenters. The first-order valence-electron chi connectivity index (χ1n) is 7.09. The van der Waals surface area contributed by atoms with Gasteiger partial charge >= 0.3 is 0 Å². The van der Waals surface area contributed by atoms with E-state index >= 15 is 0 Å². The molecule has 22 heavy (non-hydrogen) atoms. The molecule has 0 atom stereocenters. The maximum absolute atomic E-state index is 2.39. The molecule has 0 spiro atoms. The Labute approximate surface area is 156 Å². The summed E-state index contributed by atoms with van der Waals surface area (Å²) in [7, 11) is 0. The quantitative estimate of drug-likeness (QED) is 0.195. The van der Waals surface area contributed by atoms with E-state index in [0.29, 0.717) is 0 Å². The van der Waals surface area contributed by atoms with Crippen molar-refractivity contribution in [2.24, 2.45) is 0 Å². The number of halogens is 2. The van der Waals surface area contributed by atoms with Crippen LogP contribution in [0.15, 0.2) is 72.8 Å². The van der Waals surface area contributed by atoms with E-state index in [1.54, 1.807) is 0 Å². The van der Waals surface area contributed by atoms with Gasteiger partial charge in [-0.1, -0.05) is 42.5 Å². The Morgan fingerprint density at radius 3 is 2.00 bits per heavy atom. The molecular formula is C20H12I2. The standard InChI is InChI=1S/C20H12I2/c21-15-6-8-17-14(10-15)11-19(13-4-2-1-3-5-13)20-12-16(22)7-9-18(17)20/h1-12H. The lowest BCUT2D eigenvalue weighted by Gasteiger charge is -2.12. The SMILES string of the molecule is Ic1ccc2c(c1)cc(-c1ccccc1)c1cc(I)ccc12. The summed E-state index contributed by atoms with van der Waals surface area (Å²) < 4.78 is 2.54. The van der Waals surface area contributed by atoms with E-state index in [4.69, 9.17) is 0 Å². The highest BCUT2D eigenvalue weighted by Gasteiger charge is 2.09. The zero-order valence-corrected chi connectivity index (χ0v) is 16.0. The Morgan fingerprint density at radius 1 is 0.545 bits per heavy atom. The zero-order chi connectivity index (χ0) is 15.1. The topological polar surface area (TPSA) is 0 Å². The lowest BCUT2D eigenvalue weighted by molar-refractivity contribution is 1.65. The van der Waals surface area contributed by atoms with Crippen LogP contribution in [-0.4, -0.2) is 0 Å². The van der Waals surface area contributed by atoms with Crippen molar-refractivity contribution in [3.05, 3.63) is 79.9 Å². The third-order valence-corrected chi connectivity index (χ3v) is 5.30. The number of hydrogen-bond donors (Lipinski definition) is 0. The normalized spacial score (nSPS) is 11.2. The molecule has 4 aromatic rings. The summed E-state index contributed by atoms with van der Waals surface area (Å²) in [4.78, 5) is 0. The second-order valence-corrected chi connectivity index (χ2v) is 7.84. The molecule has 0 nitrogen and oxygen atoms in total. The van der Waals surface area contributed by atoms with Gasteiger partial charge < -0.3 is 0 Å². The van der Waals surface area contributed by atoms with E-state index in [2.05, 4.69) is 118 Å². The third kappa shape index (κ3) is 2.52. The van der Waals surface area contributed by atoms with Crippen LogP contribution in [0.25, 0.3) is 32.7 Å². The predicted molar refractivity (Wildman–Crippen MR) is 112 cm³/mol. The van der Waals surface area contributed by atoms with Crippen LogP contribution in [0.4, 0.5) is 0 Å². The number of fused-ring (bicyclic) bond motifs is 3. The largest absolute Gasteiger partial charge is 0.0622 e. The minimum atomic E-state index is 1.27. The summed E-state index contributed by atoms with van der Waals surface area (Å²) in [5.41, 5.74) is 2.58. The molecule has 0 fully saturated rings. The summed E-state index contributed by atoms with van der Waals surface area (Å²) in [6.07, 6.45) is 0. The van der Waals surface area contributed by atoms with Crippen LogP contribution in [0, 0.1) is 7.14 Å². The van der Waals surface area contributed by atoms with E-state index in [1.165, 1.54) is 39.8 Å². The van der Waals surface area contributed by atoms with Crippen LogP contribution < -0.4 is 0 Å². The first kappa shape index (κ1) is 14.5. The van der Waals surface area contributed by atoms with Gasteiger partial charge in [-0.25, -0.2) is 0 Å². The summed E-state index contributed by atoms with van der Waals surface area (Å²) in [6, 6.07) is 26.4. The van der Waals surface area contributed by atoms with Crippen molar-refractivity contribution >= 4 is 66.7 Å². The van der Waals surface area contributed by atoms with Crippen molar-refractivity contribution in [2.45, 2.75) is 0 Å². The van der Waals surface area contributed by atoms with Crippen LogP contribution >= 0.6 is 45.2 Å². The highest BCUT2D eigenvalue weighted by atomic mass is 127. The van der Waals surface area contributed by atoms with Crippen molar-refractivity contribution in [1.29, 1.82) is 0 Å². The van der Waals surface area contributed by atoms with Gasteiger partial charge in [0.15, 0.2) is 0 Å². The average molecular weight is 506 g/mol.